The molecule has 4 aromatic carbocycles. The molecular weight excluding hydrogens is 485 g/mol. The van der Waals surface area contributed by atoms with Crippen LogP contribution in [0.4, 0.5) is 0 Å². The zero-order valence-electron chi connectivity index (χ0n) is 21.5. The van der Waals surface area contributed by atoms with Crippen LogP contribution >= 0.6 is 0 Å². The average molecular weight is 521 g/mol. The van der Waals surface area contributed by atoms with Crippen LogP contribution in [0.5, 0.6) is 0 Å². The number of rotatable bonds is 14. The Bertz CT molecular complexity index is 1050. The molecule has 0 aliphatic carbocycles. The van der Waals surface area contributed by atoms with E-state index in [0.717, 1.165) is 19.3 Å². The van der Waals surface area contributed by atoms with E-state index in [1.807, 2.05) is 24.3 Å². The molecule has 0 radical (unpaired) electrons. The highest BCUT2D eigenvalue weighted by Gasteiger charge is 2.37. The molecule has 0 bridgehead atoms. The lowest BCUT2D eigenvalue weighted by Crippen LogP contribution is -2.59. The molecule has 0 saturated carbocycles. The predicted molar refractivity (Wildman–Crippen MR) is 162 cm³/mol. The molecule has 0 amide bonds. The molecule has 0 unspecified atom stereocenters. The summed E-state index contributed by atoms with van der Waals surface area (Å²) in [6, 6.07) is 42.2. The lowest BCUT2D eigenvalue weighted by atomic mass is 10.2. The smallest absolute Gasteiger partial charge is 0.280 e. The van der Waals surface area contributed by atoms with Crippen molar-refractivity contribution in [2.45, 2.75) is 19.3 Å². The van der Waals surface area contributed by atoms with Crippen molar-refractivity contribution < 1.29 is 8.85 Å². The van der Waals surface area contributed by atoms with Crippen LogP contribution in [0.2, 0.25) is 0 Å². The maximum absolute atomic E-state index is 6.73. The van der Waals surface area contributed by atoms with E-state index in [1.165, 1.54) is 20.7 Å². The van der Waals surface area contributed by atoms with Gasteiger partial charge in [-0.3, -0.25) is 0 Å². The Labute approximate surface area is 224 Å². The van der Waals surface area contributed by atoms with Gasteiger partial charge < -0.3 is 8.85 Å². The molecule has 4 rings (SSSR count). The number of unbranched alkanes of at least 4 members (excludes halogenated alkanes) is 2. The third-order valence-electron chi connectivity index (χ3n) is 6.83. The predicted octanol–water partition coefficient (Wildman–Crippen LogP) is 5.16. The highest BCUT2D eigenvalue weighted by Crippen LogP contribution is 2.13. The summed E-state index contributed by atoms with van der Waals surface area (Å²) in [4.78, 5) is 0. The first-order valence-electron chi connectivity index (χ1n) is 13.0. The van der Waals surface area contributed by atoms with Crippen molar-refractivity contribution in [3.63, 3.8) is 0 Å². The zero-order valence-corrected chi connectivity index (χ0v) is 23.5. The maximum atomic E-state index is 6.73. The third kappa shape index (κ3) is 6.17. The van der Waals surface area contributed by atoms with Crippen LogP contribution in [0.15, 0.2) is 146 Å². The summed E-state index contributed by atoms with van der Waals surface area (Å²) in [6.07, 6.45) is 2.99. The quantitative estimate of drug-likeness (QED) is 0.169. The van der Waals surface area contributed by atoms with Crippen LogP contribution in [0.3, 0.4) is 0 Å². The van der Waals surface area contributed by atoms with Gasteiger partial charge in [0.1, 0.15) is 0 Å². The molecule has 4 aromatic rings. The topological polar surface area (TPSA) is 18.5 Å². The third-order valence-corrected chi connectivity index (χ3v) is 14.1. The molecular formula is C33H36O2Si2. The molecule has 0 aliphatic heterocycles. The van der Waals surface area contributed by atoms with Crippen molar-refractivity contribution in [3.8, 4) is 0 Å². The zero-order chi connectivity index (χ0) is 25.8. The van der Waals surface area contributed by atoms with Gasteiger partial charge in [0, 0.05) is 13.2 Å². The van der Waals surface area contributed by atoms with Gasteiger partial charge in [0.15, 0.2) is 0 Å². The van der Waals surface area contributed by atoms with Gasteiger partial charge >= 0.3 is 0 Å². The van der Waals surface area contributed by atoms with Crippen LogP contribution in [0, 0.1) is 0 Å². The molecule has 0 atom stereocenters. The Kier molecular flexibility index (Phi) is 9.63. The van der Waals surface area contributed by atoms with E-state index in [4.69, 9.17) is 8.85 Å². The first-order valence-corrected chi connectivity index (χ1v) is 17.0. The van der Waals surface area contributed by atoms with Gasteiger partial charge in [0.05, 0.1) is 0 Å². The first-order chi connectivity index (χ1) is 18.2. The van der Waals surface area contributed by atoms with Gasteiger partial charge in [-0.15, -0.1) is 13.2 Å². The standard InChI is InChI=1S/C33H36O2Si2/c1-3-36(30-20-10-5-11-21-30,31-22-12-6-13-23-31)34-28-18-9-19-29-35-37(4-2,32-24-14-7-15-25-32)33-26-16-8-17-27-33/h3-8,10-17,20-27H,1-2,9,18-19,28-29H2. The van der Waals surface area contributed by atoms with Crippen LogP contribution in [-0.4, -0.2) is 29.8 Å². The summed E-state index contributed by atoms with van der Waals surface area (Å²) in [5, 5.41) is 4.91. The highest BCUT2D eigenvalue weighted by atomic mass is 28.4. The first kappa shape index (κ1) is 26.8. The summed E-state index contributed by atoms with van der Waals surface area (Å²) in [5.41, 5.74) is 4.12. The second kappa shape index (κ2) is 13.3. The summed E-state index contributed by atoms with van der Waals surface area (Å²) in [5.74, 6) is 0. The number of hydrogen-bond donors (Lipinski definition) is 0. The molecule has 188 valence electrons. The molecule has 0 fully saturated rings. The van der Waals surface area contributed by atoms with E-state index in [2.05, 4.69) is 122 Å². The number of hydrogen-bond acceptors (Lipinski definition) is 2. The van der Waals surface area contributed by atoms with Gasteiger partial charge in [-0.05, 0) is 40.0 Å². The average Bonchev–Trinajstić information content (AvgIpc) is 2.99. The van der Waals surface area contributed by atoms with Crippen molar-refractivity contribution in [1.29, 1.82) is 0 Å². The van der Waals surface area contributed by atoms with Gasteiger partial charge in [-0.2, -0.15) is 0 Å². The van der Waals surface area contributed by atoms with E-state index in [1.54, 1.807) is 0 Å². The van der Waals surface area contributed by atoms with Crippen LogP contribution in [-0.2, 0) is 8.85 Å². The van der Waals surface area contributed by atoms with E-state index >= 15 is 0 Å². The fourth-order valence-corrected chi connectivity index (χ4v) is 11.0. The van der Waals surface area contributed by atoms with Crippen molar-refractivity contribution >= 4 is 37.4 Å². The Hall–Kier alpha value is -3.29. The minimum absolute atomic E-state index is 0.698. The molecule has 0 heterocycles. The van der Waals surface area contributed by atoms with Gasteiger partial charge in [0.25, 0.3) is 16.6 Å². The molecule has 37 heavy (non-hydrogen) atoms. The molecule has 0 N–H and O–H groups in total. The second-order valence-corrected chi connectivity index (χ2v) is 15.7. The molecule has 0 saturated heterocycles. The Morgan fingerprint density at radius 3 is 0.946 bits per heavy atom. The van der Waals surface area contributed by atoms with Crippen LogP contribution < -0.4 is 20.7 Å². The van der Waals surface area contributed by atoms with Gasteiger partial charge in [0.2, 0.25) is 0 Å². The van der Waals surface area contributed by atoms with E-state index < -0.39 is 16.6 Å². The van der Waals surface area contributed by atoms with E-state index in [9.17, 15) is 0 Å². The van der Waals surface area contributed by atoms with E-state index in [-0.39, 0.29) is 0 Å². The summed E-state index contributed by atoms with van der Waals surface area (Å²) in [6.45, 7) is 9.84. The van der Waals surface area contributed by atoms with Crippen LogP contribution in [0.25, 0.3) is 0 Å². The lowest BCUT2D eigenvalue weighted by Gasteiger charge is -2.30. The fraction of sp³-hybridized carbons (Fsp3) is 0.152. The van der Waals surface area contributed by atoms with Crippen molar-refractivity contribution in [1.82, 2.24) is 0 Å². The second-order valence-electron chi connectivity index (χ2n) is 9.10. The minimum atomic E-state index is -2.49. The van der Waals surface area contributed by atoms with Crippen molar-refractivity contribution in [2.75, 3.05) is 13.2 Å². The van der Waals surface area contributed by atoms with Gasteiger partial charge in [-0.25, -0.2) is 0 Å². The maximum Gasteiger partial charge on any atom is 0.280 e. The van der Waals surface area contributed by atoms with Gasteiger partial charge in [-0.1, -0.05) is 133 Å². The highest BCUT2D eigenvalue weighted by molar-refractivity contribution is 7.01. The fourth-order valence-electron chi connectivity index (χ4n) is 4.85. The van der Waals surface area contributed by atoms with Crippen molar-refractivity contribution in [2.24, 2.45) is 0 Å². The normalized spacial score (nSPS) is 11.7. The molecule has 0 spiro atoms. The Morgan fingerprint density at radius 1 is 0.432 bits per heavy atom. The summed E-state index contributed by atoms with van der Waals surface area (Å²) >= 11 is 0. The molecule has 4 heteroatoms. The minimum Gasteiger partial charge on any atom is -0.405 e. The van der Waals surface area contributed by atoms with Crippen molar-refractivity contribution in [3.05, 3.63) is 146 Å². The molecule has 0 aliphatic rings. The summed E-state index contributed by atoms with van der Waals surface area (Å²) < 4.78 is 13.5. The monoisotopic (exact) mass is 520 g/mol. The number of benzene rings is 4. The lowest BCUT2D eigenvalue weighted by molar-refractivity contribution is 0.282. The largest absolute Gasteiger partial charge is 0.405 e. The van der Waals surface area contributed by atoms with Crippen LogP contribution in [0.1, 0.15) is 19.3 Å². The SMILES string of the molecule is C=C[Si](OCCCCCO[Si](C=C)(c1ccccc1)c1ccccc1)(c1ccccc1)c1ccccc1. The molecule has 2 nitrogen and oxygen atoms in total. The van der Waals surface area contributed by atoms with E-state index in [0.29, 0.717) is 13.2 Å². The molecule has 0 aromatic heterocycles. The summed E-state index contributed by atoms with van der Waals surface area (Å²) in [7, 11) is -4.98. The Morgan fingerprint density at radius 2 is 0.703 bits per heavy atom. The Balaban J connectivity index is 1.38.